The number of fused-ring (bicyclic) bond motifs is 1. The summed E-state index contributed by atoms with van der Waals surface area (Å²) in [7, 11) is 0. The van der Waals surface area contributed by atoms with Gasteiger partial charge in [-0.25, -0.2) is 4.39 Å². The molecule has 20 heavy (non-hydrogen) atoms. The molecule has 0 radical (unpaired) electrons. The first kappa shape index (κ1) is 12.6. The minimum atomic E-state index is -0.355. The molecule has 0 atom stereocenters. The number of hydrazine groups is 1. The van der Waals surface area contributed by atoms with Crippen LogP contribution in [0.15, 0.2) is 36.7 Å². The quantitative estimate of drug-likeness (QED) is 0.645. The molecule has 2 heterocycles. The molecule has 3 rings (SSSR count). The summed E-state index contributed by atoms with van der Waals surface area (Å²) < 4.78 is 13.4. The molecule has 0 unspecified atom stereocenters. The van der Waals surface area contributed by atoms with Crippen molar-refractivity contribution in [3.63, 3.8) is 0 Å². The van der Waals surface area contributed by atoms with Gasteiger partial charge in [-0.05, 0) is 30.2 Å². The van der Waals surface area contributed by atoms with E-state index in [9.17, 15) is 9.18 Å². The number of hydrogen-bond donors (Lipinski definition) is 2. The highest BCUT2D eigenvalue weighted by atomic mass is 19.1. The summed E-state index contributed by atoms with van der Waals surface area (Å²) in [5.74, 6) is 4.80. The minimum absolute atomic E-state index is 0.240. The van der Waals surface area contributed by atoms with Crippen molar-refractivity contribution in [1.29, 1.82) is 0 Å². The molecule has 0 aliphatic carbocycles. The number of anilines is 2. The van der Waals surface area contributed by atoms with Crippen LogP contribution < -0.4 is 16.2 Å². The van der Waals surface area contributed by atoms with Crippen LogP contribution in [-0.2, 0) is 6.42 Å². The number of hydrogen-bond acceptors (Lipinski definition) is 4. The Hall–Kier alpha value is -2.47. The Kier molecular flexibility index (Phi) is 3.08. The number of nitrogen functional groups attached to an aromatic ring is 1. The van der Waals surface area contributed by atoms with Gasteiger partial charge < -0.3 is 10.3 Å². The predicted molar refractivity (Wildman–Crippen MR) is 73.8 cm³/mol. The van der Waals surface area contributed by atoms with Gasteiger partial charge in [-0.3, -0.25) is 15.6 Å². The number of carbonyl (C=O) groups excluding carboxylic acids is 1. The lowest BCUT2D eigenvalue weighted by Gasteiger charge is -2.18. The van der Waals surface area contributed by atoms with Crippen molar-refractivity contribution < 1.29 is 9.18 Å². The molecule has 6 heteroatoms. The average Bonchev–Trinajstić information content (AvgIpc) is 2.89. The molecule has 1 aromatic heterocycles. The molecule has 3 N–H and O–H groups in total. The summed E-state index contributed by atoms with van der Waals surface area (Å²) in [4.78, 5) is 18.1. The number of nitrogens with zero attached hydrogens (tertiary/aromatic N) is 2. The fraction of sp³-hybridized carbons (Fsp3) is 0.143. The molecule has 0 saturated carbocycles. The van der Waals surface area contributed by atoms with Gasteiger partial charge in [-0.15, -0.1) is 0 Å². The van der Waals surface area contributed by atoms with Gasteiger partial charge in [0, 0.05) is 18.9 Å². The van der Waals surface area contributed by atoms with Crippen LogP contribution in [0.5, 0.6) is 0 Å². The predicted octanol–water partition coefficient (Wildman–Crippen LogP) is 1.71. The number of benzene rings is 1. The molecule has 5 nitrogen and oxygen atoms in total. The van der Waals surface area contributed by atoms with Crippen LogP contribution in [0.3, 0.4) is 0 Å². The molecular weight excluding hydrogens is 259 g/mol. The van der Waals surface area contributed by atoms with Gasteiger partial charge in [0.1, 0.15) is 5.82 Å². The Morgan fingerprint density at radius 3 is 3.05 bits per heavy atom. The highest BCUT2D eigenvalue weighted by Gasteiger charge is 2.27. The molecule has 102 valence electrons. The SMILES string of the molecule is NNc1ccncc1C(=O)N1CCc2ccc(F)cc21. The van der Waals surface area contributed by atoms with Gasteiger partial charge in [0.05, 0.1) is 16.9 Å². The van der Waals surface area contributed by atoms with E-state index in [1.165, 1.54) is 18.3 Å². The van der Waals surface area contributed by atoms with Gasteiger partial charge in [0.2, 0.25) is 0 Å². The largest absolute Gasteiger partial charge is 0.323 e. The van der Waals surface area contributed by atoms with E-state index < -0.39 is 0 Å². The van der Waals surface area contributed by atoms with E-state index in [0.717, 1.165) is 5.56 Å². The number of nitrogens with two attached hydrogens (primary N) is 1. The van der Waals surface area contributed by atoms with Crippen LogP contribution in [0.2, 0.25) is 0 Å². The van der Waals surface area contributed by atoms with Crippen LogP contribution in [0.4, 0.5) is 15.8 Å². The molecular formula is C14H13FN4O. The number of nitrogens with one attached hydrogen (secondary N) is 1. The third kappa shape index (κ3) is 2.00. The maximum absolute atomic E-state index is 13.4. The van der Waals surface area contributed by atoms with E-state index in [1.54, 1.807) is 23.2 Å². The molecule has 1 amide bonds. The van der Waals surface area contributed by atoms with Crippen molar-refractivity contribution in [3.8, 4) is 0 Å². The summed E-state index contributed by atoms with van der Waals surface area (Å²) in [6.45, 7) is 0.524. The Morgan fingerprint density at radius 1 is 1.40 bits per heavy atom. The second-order valence-electron chi connectivity index (χ2n) is 4.55. The molecule has 0 fully saturated rings. The standard InChI is InChI=1S/C14H13FN4O/c15-10-2-1-9-4-6-19(13(9)7-10)14(20)11-8-17-5-3-12(11)18-16/h1-3,5,7-8H,4,6,16H2,(H,17,18). The summed E-state index contributed by atoms with van der Waals surface area (Å²) in [6.07, 6.45) is 3.71. The number of carbonyl (C=O) groups is 1. The van der Waals surface area contributed by atoms with Gasteiger partial charge in [-0.2, -0.15) is 0 Å². The van der Waals surface area contributed by atoms with E-state index in [4.69, 9.17) is 5.84 Å². The number of halogens is 1. The van der Waals surface area contributed by atoms with Crippen molar-refractivity contribution in [1.82, 2.24) is 4.98 Å². The van der Waals surface area contributed by atoms with Crippen LogP contribution in [0, 0.1) is 5.82 Å². The van der Waals surface area contributed by atoms with E-state index in [2.05, 4.69) is 10.4 Å². The van der Waals surface area contributed by atoms with Crippen molar-refractivity contribution in [2.45, 2.75) is 6.42 Å². The molecule has 1 aromatic carbocycles. The van der Waals surface area contributed by atoms with E-state index >= 15 is 0 Å². The Morgan fingerprint density at radius 2 is 2.25 bits per heavy atom. The zero-order chi connectivity index (χ0) is 14.1. The second kappa shape index (κ2) is 4.90. The molecule has 0 spiro atoms. The Bertz CT molecular complexity index is 674. The first-order valence-corrected chi connectivity index (χ1v) is 6.21. The first-order chi connectivity index (χ1) is 9.70. The number of amides is 1. The second-order valence-corrected chi connectivity index (χ2v) is 4.55. The summed E-state index contributed by atoms with van der Waals surface area (Å²) in [5, 5.41) is 0. The number of pyridine rings is 1. The summed E-state index contributed by atoms with van der Waals surface area (Å²) in [5.41, 5.74) is 4.91. The van der Waals surface area contributed by atoms with Crippen LogP contribution in [-0.4, -0.2) is 17.4 Å². The number of aromatic nitrogens is 1. The molecule has 1 aliphatic rings. The lowest BCUT2D eigenvalue weighted by atomic mass is 10.1. The van der Waals surface area contributed by atoms with Crippen molar-refractivity contribution in [2.75, 3.05) is 16.9 Å². The van der Waals surface area contributed by atoms with Crippen LogP contribution in [0.25, 0.3) is 0 Å². The smallest absolute Gasteiger partial charge is 0.262 e. The highest BCUT2D eigenvalue weighted by Crippen LogP contribution is 2.30. The molecule has 2 aromatic rings. The third-order valence-electron chi connectivity index (χ3n) is 3.40. The van der Waals surface area contributed by atoms with E-state index in [1.807, 2.05) is 0 Å². The Labute approximate surface area is 115 Å². The van der Waals surface area contributed by atoms with E-state index in [-0.39, 0.29) is 11.7 Å². The van der Waals surface area contributed by atoms with Gasteiger partial charge in [0.15, 0.2) is 0 Å². The lowest BCUT2D eigenvalue weighted by molar-refractivity contribution is 0.0990. The lowest BCUT2D eigenvalue weighted by Crippen LogP contribution is -2.30. The average molecular weight is 272 g/mol. The maximum atomic E-state index is 13.4. The van der Waals surface area contributed by atoms with Crippen LogP contribution >= 0.6 is 0 Å². The summed E-state index contributed by atoms with van der Waals surface area (Å²) in [6, 6.07) is 6.12. The molecule has 0 saturated heterocycles. The monoisotopic (exact) mass is 272 g/mol. The van der Waals surface area contributed by atoms with E-state index in [0.29, 0.717) is 29.9 Å². The van der Waals surface area contributed by atoms with Gasteiger partial charge in [-0.1, -0.05) is 6.07 Å². The zero-order valence-electron chi connectivity index (χ0n) is 10.6. The van der Waals surface area contributed by atoms with Crippen molar-refractivity contribution in [3.05, 3.63) is 53.6 Å². The molecule has 0 bridgehead atoms. The minimum Gasteiger partial charge on any atom is -0.323 e. The van der Waals surface area contributed by atoms with Crippen molar-refractivity contribution >= 4 is 17.3 Å². The zero-order valence-corrected chi connectivity index (χ0v) is 10.6. The maximum Gasteiger partial charge on any atom is 0.262 e. The summed E-state index contributed by atoms with van der Waals surface area (Å²) >= 11 is 0. The van der Waals surface area contributed by atoms with Crippen LogP contribution in [0.1, 0.15) is 15.9 Å². The van der Waals surface area contributed by atoms with Crippen molar-refractivity contribution in [2.24, 2.45) is 5.84 Å². The topological polar surface area (TPSA) is 71.2 Å². The third-order valence-corrected chi connectivity index (χ3v) is 3.40. The highest BCUT2D eigenvalue weighted by molar-refractivity contribution is 6.10. The number of rotatable bonds is 2. The first-order valence-electron chi connectivity index (χ1n) is 6.21. The van der Waals surface area contributed by atoms with Gasteiger partial charge >= 0.3 is 0 Å². The fourth-order valence-electron chi connectivity index (χ4n) is 2.40. The fourth-order valence-corrected chi connectivity index (χ4v) is 2.40. The molecule has 1 aliphatic heterocycles. The normalized spacial score (nSPS) is 13.2. The van der Waals surface area contributed by atoms with Gasteiger partial charge in [0.25, 0.3) is 5.91 Å². The Balaban J connectivity index is 2.00.